The number of methoxy groups -OCH3 is 2. The summed E-state index contributed by atoms with van der Waals surface area (Å²) in [6.07, 6.45) is 5.17. The lowest BCUT2D eigenvalue weighted by Gasteiger charge is -2.09. The maximum Gasteiger partial charge on any atom is 0.212 e. The normalized spacial score (nSPS) is 10.3. The topological polar surface area (TPSA) is 83.2 Å². The van der Waals surface area contributed by atoms with Gasteiger partial charge in [-0.2, -0.15) is 0 Å². The minimum absolute atomic E-state index is 0.446. The zero-order valence-corrected chi connectivity index (χ0v) is 12.9. The van der Waals surface area contributed by atoms with Gasteiger partial charge in [-0.05, 0) is 18.2 Å². The highest BCUT2D eigenvalue weighted by molar-refractivity contribution is 5.78. The lowest BCUT2D eigenvalue weighted by atomic mass is 10.0. The molecule has 0 saturated carbocycles. The molecule has 3 aromatic rings. The molecule has 0 fully saturated rings. The van der Waals surface area contributed by atoms with Crippen molar-refractivity contribution in [2.45, 2.75) is 0 Å². The van der Waals surface area contributed by atoms with Gasteiger partial charge in [0.15, 0.2) is 0 Å². The lowest BCUT2D eigenvalue weighted by molar-refractivity contribution is 0.398. The van der Waals surface area contributed by atoms with E-state index in [4.69, 9.17) is 15.2 Å². The largest absolute Gasteiger partial charge is 0.481 e. The number of hydrogen-bond acceptors (Lipinski definition) is 6. The minimum atomic E-state index is 0.446. The van der Waals surface area contributed by atoms with Gasteiger partial charge < -0.3 is 15.2 Å². The Labute approximate surface area is 134 Å². The van der Waals surface area contributed by atoms with Crippen LogP contribution in [0, 0.1) is 0 Å². The van der Waals surface area contributed by atoms with E-state index in [1.54, 1.807) is 44.9 Å². The first-order valence-electron chi connectivity index (χ1n) is 6.97. The van der Waals surface area contributed by atoms with Crippen LogP contribution in [0.5, 0.6) is 11.8 Å². The Bertz CT molecular complexity index is 802. The van der Waals surface area contributed by atoms with Crippen molar-refractivity contribution >= 4 is 5.82 Å². The molecule has 0 aromatic carbocycles. The molecule has 0 bridgehead atoms. The Balaban J connectivity index is 2.00. The Morgan fingerprint density at radius 3 is 1.83 bits per heavy atom. The van der Waals surface area contributed by atoms with Crippen LogP contribution in [0.4, 0.5) is 5.82 Å². The van der Waals surface area contributed by atoms with Gasteiger partial charge >= 0.3 is 0 Å². The predicted octanol–water partition coefficient (Wildman–Crippen LogP) is 2.81. The number of anilines is 1. The number of nitrogens with two attached hydrogens (primary N) is 1. The standard InChI is InChI=1S/C17H16N4O2/c1-22-15-5-3-11(8-19-15)13-7-14(17(18)21-10-13)12-4-6-16(23-2)20-9-12/h3-10H,1-2H3,(H2,18,21). The highest BCUT2D eigenvalue weighted by atomic mass is 16.5. The van der Waals surface area contributed by atoms with Crippen molar-refractivity contribution in [3.8, 4) is 34.0 Å². The SMILES string of the molecule is COc1ccc(-c2cnc(N)c(-c3ccc(OC)nc3)c2)cn1. The average molecular weight is 308 g/mol. The minimum Gasteiger partial charge on any atom is -0.481 e. The fourth-order valence-electron chi connectivity index (χ4n) is 2.20. The molecule has 116 valence electrons. The smallest absolute Gasteiger partial charge is 0.212 e. The van der Waals surface area contributed by atoms with Crippen LogP contribution in [0.15, 0.2) is 48.9 Å². The Kier molecular flexibility index (Phi) is 4.05. The summed E-state index contributed by atoms with van der Waals surface area (Å²) in [5.41, 5.74) is 9.55. The van der Waals surface area contributed by atoms with Crippen LogP contribution in [0.2, 0.25) is 0 Å². The molecule has 0 spiro atoms. The van der Waals surface area contributed by atoms with Crippen LogP contribution in [0.25, 0.3) is 22.3 Å². The third kappa shape index (κ3) is 3.06. The molecule has 6 nitrogen and oxygen atoms in total. The second-order valence-electron chi connectivity index (χ2n) is 4.84. The van der Waals surface area contributed by atoms with E-state index in [0.717, 1.165) is 22.3 Å². The molecule has 2 N–H and O–H groups in total. The van der Waals surface area contributed by atoms with Gasteiger partial charge in [-0.15, -0.1) is 0 Å². The lowest BCUT2D eigenvalue weighted by Crippen LogP contribution is -1.96. The maximum atomic E-state index is 6.01. The number of pyridine rings is 3. The van der Waals surface area contributed by atoms with Crippen LogP contribution in [0.3, 0.4) is 0 Å². The summed E-state index contributed by atoms with van der Waals surface area (Å²) in [7, 11) is 3.16. The second-order valence-corrected chi connectivity index (χ2v) is 4.84. The van der Waals surface area contributed by atoms with Gasteiger partial charge in [0.25, 0.3) is 0 Å². The van der Waals surface area contributed by atoms with Crippen molar-refractivity contribution in [1.82, 2.24) is 15.0 Å². The van der Waals surface area contributed by atoms with Crippen LogP contribution in [-0.2, 0) is 0 Å². The summed E-state index contributed by atoms with van der Waals surface area (Å²) < 4.78 is 10.1. The molecule has 0 radical (unpaired) electrons. The van der Waals surface area contributed by atoms with Crippen molar-refractivity contribution in [3.63, 3.8) is 0 Å². The highest BCUT2D eigenvalue weighted by Gasteiger charge is 2.08. The van der Waals surface area contributed by atoms with Gasteiger partial charge in [0.2, 0.25) is 11.8 Å². The van der Waals surface area contributed by atoms with Crippen molar-refractivity contribution < 1.29 is 9.47 Å². The van der Waals surface area contributed by atoms with Crippen LogP contribution < -0.4 is 15.2 Å². The fraction of sp³-hybridized carbons (Fsp3) is 0.118. The predicted molar refractivity (Wildman–Crippen MR) is 88.2 cm³/mol. The molecule has 0 aliphatic carbocycles. The van der Waals surface area contributed by atoms with E-state index < -0.39 is 0 Å². The summed E-state index contributed by atoms with van der Waals surface area (Å²) in [5, 5.41) is 0. The summed E-state index contributed by atoms with van der Waals surface area (Å²) in [6.45, 7) is 0. The monoisotopic (exact) mass is 308 g/mol. The molecular formula is C17H16N4O2. The molecule has 0 aliphatic heterocycles. The third-order valence-electron chi connectivity index (χ3n) is 3.45. The number of hydrogen-bond donors (Lipinski definition) is 1. The van der Waals surface area contributed by atoms with Gasteiger partial charge in [0, 0.05) is 53.0 Å². The van der Waals surface area contributed by atoms with Crippen molar-refractivity contribution in [2.75, 3.05) is 20.0 Å². The number of nitrogens with zero attached hydrogens (tertiary/aromatic N) is 3. The summed E-state index contributed by atoms with van der Waals surface area (Å²) >= 11 is 0. The molecule has 0 amide bonds. The van der Waals surface area contributed by atoms with Gasteiger partial charge in [-0.1, -0.05) is 0 Å². The first kappa shape index (κ1) is 14.8. The molecule has 6 heteroatoms. The Morgan fingerprint density at radius 2 is 1.30 bits per heavy atom. The molecule has 3 rings (SSSR count). The van der Waals surface area contributed by atoms with Crippen molar-refractivity contribution in [3.05, 3.63) is 48.9 Å². The highest BCUT2D eigenvalue weighted by Crippen LogP contribution is 2.29. The summed E-state index contributed by atoms with van der Waals surface area (Å²) in [6, 6.07) is 9.39. The fourth-order valence-corrected chi connectivity index (χ4v) is 2.20. The molecule has 0 atom stereocenters. The molecule has 0 unspecified atom stereocenters. The van der Waals surface area contributed by atoms with E-state index in [1.807, 2.05) is 18.2 Å². The maximum absolute atomic E-state index is 6.01. The Hall–Kier alpha value is -3.15. The van der Waals surface area contributed by atoms with Crippen LogP contribution >= 0.6 is 0 Å². The van der Waals surface area contributed by atoms with Gasteiger partial charge in [0.05, 0.1) is 14.2 Å². The van der Waals surface area contributed by atoms with Gasteiger partial charge in [-0.25, -0.2) is 15.0 Å². The van der Waals surface area contributed by atoms with Gasteiger partial charge in [-0.3, -0.25) is 0 Å². The summed E-state index contributed by atoms with van der Waals surface area (Å²) in [5.74, 6) is 1.56. The molecule has 3 aromatic heterocycles. The Morgan fingerprint density at radius 1 is 0.739 bits per heavy atom. The van der Waals surface area contributed by atoms with Gasteiger partial charge in [0.1, 0.15) is 5.82 Å². The summed E-state index contributed by atoms with van der Waals surface area (Å²) in [4.78, 5) is 12.7. The van der Waals surface area contributed by atoms with E-state index in [2.05, 4.69) is 15.0 Å². The average Bonchev–Trinajstić information content (AvgIpc) is 2.62. The van der Waals surface area contributed by atoms with E-state index >= 15 is 0 Å². The number of nitrogen functional groups attached to an aromatic ring is 1. The zero-order chi connectivity index (χ0) is 16.2. The molecule has 0 saturated heterocycles. The number of aromatic nitrogens is 3. The molecule has 0 aliphatic rings. The van der Waals surface area contributed by atoms with Crippen molar-refractivity contribution in [1.29, 1.82) is 0 Å². The van der Waals surface area contributed by atoms with E-state index in [1.165, 1.54) is 0 Å². The first-order chi connectivity index (χ1) is 11.2. The number of rotatable bonds is 4. The second kappa shape index (κ2) is 6.31. The first-order valence-corrected chi connectivity index (χ1v) is 6.97. The molecular weight excluding hydrogens is 292 g/mol. The van der Waals surface area contributed by atoms with Crippen molar-refractivity contribution in [2.24, 2.45) is 0 Å². The number of ether oxygens (including phenoxy) is 2. The molecule has 3 heterocycles. The van der Waals surface area contributed by atoms with Crippen LogP contribution in [-0.4, -0.2) is 29.2 Å². The van der Waals surface area contributed by atoms with E-state index in [9.17, 15) is 0 Å². The zero-order valence-electron chi connectivity index (χ0n) is 12.9. The molecule has 23 heavy (non-hydrogen) atoms. The quantitative estimate of drug-likeness (QED) is 0.798. The van der Waals surface area contributed by atoms with Crippen LogP contribution in [0.1, 0.15) is 0 Å². The van der Waals surface area contributed by atoms with E-state index in [0.29, 0.717) is 17.6 Å². The van der Waals surface area contributed by atoms with E-state index in [-0.39, 0.29) is 0 Å². The third-order valence-corrected chi connectivity index (χ3v) is 3.45.